The highest BCUT2D eigenvalue weighted by molar-refractivity contribution is 5.88. The lowest BCUT2D eigenvalue weighted by atomic mass is 10.1. The molecule has 0 aliphatic carbocycles. The van der Waals surface area contributed by atoms with Crippen molar-refractivity contribution in [2.24, 2.45) is 0 Å². The topological polar surface area (TPSA) is 49.3 Å². The molecule has 0 heterocycles. The van der Waals surface area contributed by atoms with E-state index in [1.165, 1.54) is 24.3 Å². The molecule has 0 unspecified atom stereocenters. The van der Waals surface area contributed by atoms with E-state index in [-0.39, 0.29) is 5.56 Å². The molecule has 2 aromatic rings. The number of nitrogens with one attached hydrogen (secondary N) is 1. The number of benzene rings is 2. The Labute approximate surface area is 119 Å². The maximum absolute atomic E-state index is 12.4. The minimum Gasteiger partial charge on any atom is -0.478 e. The summed E-state index contributed by atoms with van der Waals surface area (Å²) in [5.41, 5.74) is 0.713. The van der Waals surface area contributed by atoms with Crippen molar-refractivity contribution in [1.82, 2.24) is 0 Å². The molecular weight excluding hydrogens is 283 g/mol. The summed E-state index contributed by atoms with van der Waals surface area (Å²) in [5, 5.41) is 11.8. The molecule has 0 saturated heterocycles. The fourth-order valence-electron chi connectivity index (χ4n) is 1.78. The van der Waals surface area contributed by atoms with Gasteiger partial charge in [0.25, 0.3) is 0 Å². The molecule has 2 aromatic carbocycles. The van der Waals surface area contributed by atoms with E-state index >= 15 is 0 Å². The lowest BCUT2D eigenvalue weighted by molar-refractivity contribution is -0.137. The van der Waals surface area contributed by atoms with Gasteiger partial charge in [0.05, 0.1) is 11.1 Å². The lowest BCUT2D eigenvalue weighted by Crippen LogP contribution is -2.06. The van der Waals surface area contributed by atoms with E-state index in [1.807, 2.05) is 0 Å². The van der Waals surface area contributed by atoms with Gasteiger partial charge in [0, 0.05) is 12.2 Å². The Hall–Kier alpha value is -2.50. The van der Waals surface area contributed by atoms with Crippen LogP contribution in [0.2, 0.25) is 0 Å². The van der Waals surface area contributed by atoms with E-state index in [4.69, 9.17) is 5.11 Å². The Morgan fingerprint density at radius 1 is 1.10 bits per heavy atom. The van der Waals surface area contributed by atoms with Crippen molar-refractivity contribution >= 4 is 11.7 Å². The zero-order chi connectivity index (χ0) is 15.5. The van der Waals surface area contributed by atoms with Crippen LogP contribution in [0, 0.1) is 0 Å². The molecule has 0 radical (unpaired) electrons. The van der Waals surface area contributed by atoms with E-state index in [0.29, 0.717) is 17.8 Å². The number of carboxylic acids is 1. The number of halogens is 3. The third-order valence-corrected chi connectivity index (χ3v) is 2.89. The molecule has 6 heteroatoms. The van der Waals surface area contributed by atoms with Crippen LogP contribution < -0.4 is 5.32 Å². The van der Waals surface area contributed by atoms with Crippen molar-refractivity contribution in [2.75, 3.05) is 5.32 Å². The molecule has 3 nitrogen and oxygen atoms in total. The second-order valence-electron chi connectivity index (χ2n) is 4.43. The Morgan fingerprint density at radius 2 is 1.76 bits per heavy atom. The van der Waals surface area contributed by atoms with Crippen molar-refractivity contribution in [3.63, 3.8) is 0 Å². The summed E-state index contributed by atoms with van der Waals surface area (Å²) >= 11 is 0. The predicted molar refractivity (Wildman–Crippen MR) is 72.2 cm³/mol. The summed E-state index contributed by atoms with van der Waals surface area (Å²) in [6, 6.07) is 11.0. The van der Waals surface area contributed by atoms with Gasteiger partial charge in [0.15, 0.2) is 0 Å². The first-order valence-corrected chi connectivity index (χ1v) is 6.09. The van der Waals surface area contributed by atoms with Crippen molar-refractivity contribution in [3.05, 3.63) is 65.2 Å². The normalized spacial score (nSPS) is 11.2. The first kappa shape index (κ1) is 14.9. The average molecular weight is 295 g/mol. The number of carboxylic acid groups (broad SMARTS) is 1. The van der Waals surface area contributed by atoms with Gasteiger partial charge in [-0.25, -0.2) is 4.79 Å². The molecule has 0 bridgehead atoms. The minimum absolute atomic E-state index is 0.146. The zero-order valence-corrected chi connectivity index (χ0v) is 10.8. The molecular formula is C15H12F3NO2. The van der Waals surface area contributed by atoms with Gasteiger partial charge in [-0.05, 0) is 35.9 Å². The Kier molecular flexibility index (Phi) is 4.16. The fraction of sp³-hybridized carbons (Fsp3) is 0.133. The van der Waals surface area contributed by atoms with Crippen LogP contribution in [-0.4, -0.2) is 11.1 Å². The van der Waals surface area contributed by atoms with Gasteiger partial charge >= 0.3 is 12.1 Å². The van der Waals surface area contributed by atoms with Crippen LogP contribution in [0.15, 0.2) is 48.5 Å². The van der Waals surface area contributed by atoms with Crippen molar-refractivity contribution in [2.45, 2.75) is 12.7 Å². The number of aromatic carboxylic acids is 1. The van der Waals surface area contributed by atoms with Gasteiger partial charge in [-0.2, -0.15) is 13.2 Å². The van der Waals surface area contributed by atoms with Gasteiger partial charge < -0.3 is 10.4 Å². The fourth-order valence-corrected chi connectivity index (χ4v) is 1.78. The first-order valence-electron chi connectivity index (χ1n) is 6.09. The molecule has 110 valence electrons. The zero-order valence-electron chi connectivity index (χ0n) is 10.8. The van der Waals surface area contributed by atoms with E-state index in [1.54, 1.807) is 12.1 Å². The maximum Gasteiger partial charge on any atom is 0.416 e. The van der Waals surface area contributed by atoms with Crippen molar-refractivity contribution in [3.8, 4) is 0 Å². The molecule has 0 aromatic heterocycles. The second kappa shape index (κ2) is 5.87. The van der Waals surface area contributed by atoms with Crippen molar-refractivity contribution in [1.29, 1.82) is 0 Å². The summed E-state index contributed by atoms with van der Waals surface area (Å²) in [6.45, 7) is 0.307. The summed E-state index contributed by atoms with van der Waals surface area (Å²) in [6.07, 6.45) is -4.35. The molecule has 0 spiro atoms. The SMILES string of the molecule is O=C(O)c1cccc(NCc2ccc(C(F)(F)F)cc2)c1. The van der Waals surface area contributed by atoms with Gasteiger partial charge in [0.1, 0.15) is 0 Å². The third kappa shape index (κ3) is 3.98. The van der Waals surface area contributed by atoms with Crippen LogP contribution in [0.1, 0.15) is 21.5 Å². The molecule has 21 heavy (non-hydrogen) atoms. The van der Waals surface area contributed by atoms with Gasteiger partial charge in [-0.1, -0.05) is 18.2 Å². The van der Waals surface area contributed by atoms with Crippen LogP contribution in [-0.2, 0) is 12.7 Å². The monoisotopic (exact) mass is 295 g/mol. The molecule has 0 aliphatic heterocycles. The number of hydrogen-bond donors (Lipinski definition) is 2. The lowest BCUT2D eigenvalue weighted by Gasteiger charge is -2.09. The molecule has 0 saturated carbocycles. The Bertz CT molecular complexity index is 636. The van der Waals surface area contributed by atoms with Gasteiger partial charge in [-0.15, -0.1) is 0 Å². The summed E-state index contributed by atoms with van der Waals surface area (Å²) in [7, 11) is 0. The maximum atomic E-state index is 12.4. The van der Waals surface area contributed by atoms with Crippen molar-refractivity contribution < 1.29 is 23.1 Å². The highest BCUT2D eigenvalue weighted by Crippen LogP contribution is 2.29. The average Bonchev–Trinajstić information content (AvgIpc) is 2.45. The van der Waals surface area contributed by atoms with Crippen LogP contribution in [0.5, 0.6) is 0 Å². The van der Waals surface area contributed by atoms with Gasteiger partial charge in [-0.3, -0.25) is 0 Å². The Balaban J connectivity index is 2.03. The van der Waals surface area contributed by atoms with Crippen LogP contribution >= 0.6 is 0 Å². The summed E-state index contributed by atoms with van der Waals surface area (Å²) < 4.78 is 37.3. The van der Waals surface area contributed by atoms with E-state index < -0.39 is 17.7 Å². The number of carbonyl (C=O) groups is 1. The predicted octanol–water partition coefficient (Wildman–Crippen LogP) is 4.02. The van der Waals surface area contributed by atoms with E-state index in [2.05, 4.69) is 5.32 Å². The van der Waals surface area contributed by atoms with Gasteiger partial charge in [0.2, 0.25) is 0 Å². The summed E-state index contributed by atoms with van der Waals surface area (Å²) in [5.74, 6) is -1.03. The van der Waals surface area contributed by atoms with Crippen LogP contribution in [0.3, 0.4) is 0 Å². The molecule has 0 fully saturated rings. The highest BCUT2D eigenvalue weighted by Gasteiger charge is 2.29. The molecule has 2 rings (SSSR count). The second-order valence-corrected chi connectivity index (χ2v) is 4.43. The molecule has 2 N–H and O–H groups in total. The summed E-state index contributed by atoms with van der Waals surface area (Å²) in [4.78, 5) is 10.8. The van der Waals surface area contributed by atoms with Crippen LogP contribution in [0.25, 0.3) is 0 Å². The number of rotatable bonds is 4. The minimum atomic E-state index is -4.35. The third-order valence-electron chi connectivity index (χ3n) is 2.89. The quantitative estimate of drug-likeness (QED) is 0.895. The number of alkyl halides is 3. The number of anilines is 1. The van der Waals surface area contributed by atoms with E-state index in [0.717, 1.165) is 12.1 Å². The standard InChI is InChI=1S/C15H12F3NO2/c16-15(17,18)12-6-4-10(5-7-12)9-19-13-3-1-2-11(8-13)14(20)21/h1-8,19H,9H2,(H,20,21). The van der Waals surface area contributed by atoms with Crippen LogP contribution in [0.4, 0.5) is 18.9 Å². The largest absolute Gasteiger partial charge is 0.478 e. The smallest absolute Gasteiger partial charge is 0.416 e. The molecule has 0 aliphatic rings. The Morgan fingerprint density at radius 3 is 2.33 bits per heavy atom. The first-order chi connectivity index (χ1) is 9.86. The highest BCUT2D eigenvalue weighted by atomic mass is 19.4. The molecule has 0 amide bonds. The molecule has 0 atom stereocenters. The number of hydrogen-bond acceptors (Lipinski definition) is 2. The van der Waals surface area contributed by atoms with E-state index in [9.17, 15) is 18.0 Å².